The summed E-state index contributed by atoms with van der Waals surface area (Å²) >= 11 is 0. The van der Waals surface area contributed by atoms with Crippen LogP contribution in [0.15, 0.2) is 48.8 Å². The summed E-state index contributed by atoms with van der Waals surface area (Å²) in [6.07, 6.45) is -3.42. The molecule has 186 valence electrons. The Hall–Kier alpha value is -4.32. The SMILES string of the molecule is COc1cc(-n2c3c(c4ncnc(N)c42)COC3)ccc1NC(=O)Cc1ccc(OC(F)(F)F)cc1. The molecule has 1 amide bonds. The van der Waals surface area contributed by atoms with Gasteiger partial charge in [0.1, 0.15) is 28.9 Å². The van der Waals surface area contributed by atoms with Crippen molar-refractivity contribution in [1.29, 1.82) is 0 Å². The molecule has 0 aliphatic carbocycles. The summed E-state index contributed by atoms with van der Waals surface area (Å²) in [5, 5.41) is 2.78. The smallest absolute Gasteiger partial charge is 0.494 e. The van der Waals surface area contributed by atoms with Gasteiger partial charge in [0.05, 0.1) is 38.1 Å². The van der Waals surface area contributed by atoms with Gasteiger partial charge < -0.3 is 29.8 Å². The van der Waals surface area contributed by atoms with Crippen LogP contribution in [0.5, 0.6) is 11.5 Å². The predicted octanol–water partition coefficient (Wildman–Crippen LogP) is 4.12. The van der Waals surface area contributed by atoms with E-state index in [-0.39, 0.29) is 18.1 Å². The van der Waals surface area contributed by atoms with Crippen LogP contribution < -0.4 is 20.5 Å². The number of anilines is 2. The molecule has 3 heterocycles. The normalized spacial score (nSPS) is 13.0. The van der Waals surface area contributed by atoms with E-state index in [0.717, 1.165) is 34.6 Å². The van der Waals surface area contributed by atoms with Crippen LogP contribution in [-0.4, -0.2) is 33.9 Å². The molecule has 0 bridgehead atoms. The molecule has 0 spiro atoms. The van der Waals surface area contributed by atoms with Crippen LogP contribution >= 0.6 is 0 Å². The Morgan fingerprint density at radius 2 is 1.94 bits per heavy atom. The molecule has 4 aromatic rings. The van der Waals surface area contributed by atoms with Gasteiger partial charge in [0.15, 0.2) is 5.82 Å². The molecular formula is C24H20F3N5O4. The van der Waals surface area contributed by atoms with Gasteiger partial charge in [-0.3, -0.25) is 4.79 Å². The number of nitrogens with zero attached hydrogens (tertiary/aromatic N) is 3. The minimum atomic E-state index is -4.78. The lowest BCUT2D eigenvalue weighted by atomic mass is 10.1. The summed E-state index contributed by atoms with van der Waals surface area (Å²) in [6, 6.07) is 10.4. The van der Waals surface area contributed by atoms with E-state index in [2.05, 4.69) is 20.0 Å². The molecule has 0 radical (unpaired) electrons. The van der Waals surface area contributed by atoms with Crippen molar-refractivity contribution in [3.63, 3.8) is 0 Å². The van der Waals surface area contributed by atoms with E-state index < -0.39 is 6.36 Å². The maximum Gasteiger partial charge on any atom is 0.573 e. The van der Waals surface area contributed by atoms with Crippen molar-refractivity contribution < 1.29 is 32.2 Å². The van der Waals surface area contributed by atoms with Gasteiger partial charge >= 0.3 is 6.36 Å². The first-order chi connectivity index (χ1) is 17.2. The number of ether oxygens (including phenoxy) is 3. The van der Waals surface area contributed by atoms with Crippen LogP contribution in [0.4, 0.5) is 24.7 Å². The molecule has 5 rings (SSSR count). The number of benzene rings is 2. The average Bonchev–Trinajstić information content (AvgIpc) is 3.42. The van der Waals surface area contributed by atoms with E-state index in [1.54, 1.807) is 18.2 Å². The first-order valence-electron chi connectivity index (χ1n) is 10.8. The van der Waals surface area contributed by atoms with Crippen LogP contribution in [0.3, 0.4) is 0 Å². The third kappa shape index (κ3) is 4.50. The highest BCUT2D eigenvalue weighted by molar-refractivity contribution is 5.94. The minimum absolute atomic E-state index is 0.0574. The van der Waals surface area contributed by atoms with Crippen molar-refractivity contribution in [2.45, 2.75) is 26.0 Å². The highest BCUT2D eigenvalue weighted by Gasteiger charge is 2.31. The predicted molar refractivity (Wildman–Crippen MR) is 124 cm³/mol. The van der Waals surface area contributed by atoms with Crippen molar-refractivity contribution in [2.24, 2.45) is 0 Å². The molecular weight excluding hydrogens is 479 g/mol. The summed E-state index contributed by atoms with van der Waals surface area (Å²) in [5.41, 5.74) is 11.1. The van der Waals surface area contributed by atoms with E-state index in [1.165, 1.54) is 25.6 Å². The first-order valence-corrected chi connectivity index (χ1v) is 10.8. The Kier molecular flexibility index (Phi) is 5.88. The van der Waals surface area contributed by atoms with E-state index in [9.17, 15) is 18.0 Å². The van der Waals surface area contributed by atoms with Crippen LogP contribution in [0, 0.1) is 0 Å². The maximum absolute atomic E-state index is 12.6. The summed E-state index contributed by atoms with van der Waals surface area (Å²) in [6.45, 7) is 0.808. The number of carbonyl (C=O) groups is 1. The number of nitrogens with one attached hydrogen (secondary N) is 1. The number of hydrogen-bond donors (Lipinski definition) is 2. The second kappa shape index (κ2) is 9.04. The number of rotatable bonds is 6. The Labute approximate surface area is 202 Å². The van der Waals surface area contributed by atoms with Gasteiger partial charge in [-0.25, -0.2) is 9.97 Å². The molecule has 1 aliphatic heterocycles. The third-order valence-corrected chi connectivity index (χ3v) is 5.70. The van der Waals surface area contributed by atoms with E-state index in [4.69, 9.17) is 15.2 Å². The zero-order valence-corrected chi connectivity index (χ0v) is 18.9. The Morgan fingerprint density at radius 3 is 2.67 bits per heavy atom. The first kappa shape index (κ1) is 23.4. The highest BCUT2D eigenvalue weighted by atomic mass is 19.4. The molecule has 2 aromatic carbocycles. The number of methoxy groups -OCH3 is 1. The number of carbonyl (C=O) groups excluding carboxylic acids is 1. The number of alkyl halides is 3. The molecule has 3 N–H and O–H groups in total. The van der Waals surface area contributed by atoms with Crippen molar-refractivity contribution >= 4 is 28.4 Å². The lowest BCUT2D eigenvalue weighted by Crippen LogP contribution is -2.17. The van der Waals surface area contributed by atoms with Crippen molar-refractivity contribution in [2.75, 3.05) is 18.2 Å². The second-order valence-electron chi connectivity index (χ2n) is 8.01. The topological polar surface area (TPSA) is 114 Å². The van der Waals surface area contributed by atoms with Gasteiger partial charge in [-0.1, -0.05) is 12.1 Å². The number of hydrogen-bond acceptors (Lipinski definition) is 7. The molecule has 0 unspecified atom stereocenters. The number of halogens is 3. The summed E-state index contributed by atoms with van der Waals surface area (Å²) in [4.78, 5) is 21.1. The molecule has 0 fully saturated rings. The average molecular weight is 499 g/mol. The third-order valence-electron chi connectivity index (χ3n) is 5.70. The van der Waals surface area contributed by atoms with E-state index in [1.807, 2.05) is 4.57 Å². The standard InChI is InChI=1S/C24H20F3N5O4/c1-34-19-9-14(32-18-11-35-10-16(18)21-22(32)23(28)30-12-29-21)4-7-17(19)31-20(33)8-13-2-5-15(6-3-13)36-24(25,26)27/h2-7,9,12H,8,10-11H2,1H3,(H,31,33)(H2,28,29,30). The Morgan fingerprint density at radius 1 is 1.17 bits per heavy atom. The van der Waals surface area contributed by atoms with Gasteiger partial charge in [-0.2, -0.15) is 0 Å². The van der Waals surface area contributed by atoms with E-state index >= 15 is 0 Å². The zero-order valence-electron chi connectivity index (χ0n) is 18.9. The van der Waals surface area contributed by atoms with Gasteiger partial charge in [0.25, 0.3) is 0 Å². The summed E-state index contributed by atoms with van der Waals surface area (Å²) in [7, 11) is 1.48. The number of nitrogen functional groups attached to an aromatic ring is 1. The van der Waals surface area contributed by atoms with Crippen LogP contribution in [-0.2, 0) is 29.2 Å². The minimum Gasteiger partial charge on any atom is -0.494 e. The molecule has 0 saturated carbocycles. The molecule has 9 nitrogen and oxygen atoms in total. The number of aromatic nitrogens is 3. The van der Waals surface area contributed by atoms with Gasteiger partial charge in [0, 0.05) is 17.3 Å². The monoisotopic (exact) mass is 499 g/mol. The van der Waals surface area contributed by atoms with Gasteiger partial charge in [0.2, 0.25) is 5.91 Å². The lowest BCUT2D eigenvalue weighted by Gasteiger charge is -2.15. The fourth-order valence-corrected chi connectivity index (χ4v) is 4.19. The quantitative estimate of drug-likeness (QED) is 0.410. The largest absolute Gasteiger partial charge is 0.573 e. The van der Waals surface area contributed by atoms with Gasteiger partial charge in [-0.15, -0.1) is 13.2 Å². The molecule has 2 aromatic heterocycles. The molecule has 12 heteroatoms. The van der Waals surface area contributed by atoms with Crippen molar-refractivity contribution in [3.05, 3.63) is 65.6 Å². The van der Waals surface area contributed by atoms with Gasteiger partial charge in [-0.05, 0) is 29.8 Å². The highest BCUT2D eigenvalue weighted by Crippen LogP contribution is 2.37. The lowest BCUT2D eigenvalue weighted by molar-refractivity contribution is -0.274. The van der Waals surface area contributed by atoms with E-state index in [0.29, 0.717) is 41.5 Å². The maximum atomic E-state index is 12.6. The fraction of sp³-hybridized carbons (Fsp3) is 0.208. The van der Waals surface area contributed by atoms with Crippen molar-refractivity contribution in [3.8, 4) is 17.2 Å². The van der Waals surface area contributed by atoms with Crippen molar-refractivity contribution in [1.82, 2.24) is 14.5 Å². The zero-order chi connectivity index (χ0) is 25.4. The van der Waals surface area contributed by atoms with Crippen LogP contribution in [0.25, 0.3) is 16.7 Å². The summed E-state index contributed by atoms with van der Waals surface area (Å²) in [5.74, 6) is 0.00498. The number of amides is 1. The second-order valence-corrected chi connectivity index (χ2v) is 8.01. The molecule has 0 atom stereocenters. The summed E-state index contributed by atoms with van der Waals surface area (Å²) < 4.78 is 53.9. The Balaban J connectivity index is 1.38. The van der Waals surface area contributed by atoms with Crippen LogP contribution in [0.2, 0.25) is 0 Å². The molecule has 36 heavy (non-hydrogen) atoms. The van der Waals surface area contributed by atoms with Crippen LogP contribution in [0.1, 0.15) is 16.8 Å². The molecule has 0 saturated heterocycles. The fourth-order valence-electron chi connectivity index (χ4n) is 4.19. The molecule has 1 aliphatic rings. The Bertz CT molecular complexity index is 1450. The number of fused-ring (bicyclic) bond motifs is 3. The number of nitrogens with two attached hydrogens (primary N) is 1.